The number of anilines is 2. The number of hydrogen-bond acceptors (Lipinski definition) is 7. The molecule has 0 saturated carbocycles. The number of amides is 1. The summed E-state index contributed by atoms with van der Waals surface area (Å²) in [5, 5.41) is 21.1. The van der Waals surface area contributed by atoms with Crippen LogP contribution in [-0.2, 0) is 22.4 Å². The van der Waals surface area contributed by atoms with Gasteiger partial charge in [-0.25, -0.2) is 4.68 Å². The zero-order chi connectivity index (χ0) is 24.3. The maximum atomic E-state index is 12.5. The van der Waals surface area contributed by atoms with Crippen molar-refractivity contribution in [3.63, 3.8) is 0 Å². The lowest BCUT2D eigenvalue weighted by atomic mass is 9.91. The Morgan fingerprint density at radius 1 is 1.26 bits per heavy atom. The first-order chi connectivity index (χ1) is 16.2. The van der Waals surface area contributed by atoms with Crippen molar-refractivity contribution < 1.29 is 14.1 Å². The van der Waals surface area contributed by atoms with Crippen molar-refractivity contribution in [2.45, 2.75) is 52.5 Å². The number of carbonyl (C=O) groups is 1. The molecule has 34 heavy (non-hydrogen) atoms. The van der Waals surface area contributed by atoms with Crippen LogP contribution in [0.1, 0.15) is 56.5 Å². The van der Waals surface area contributed by atoms with E-state index in [1.807, 2.05) is 24.3 Å². The van der Waals surface area contributed by atoms with Crippen LogP contribution >= 0.6 is 0 Å². The summed E-state index contributed by atoms with van der Waals surface area (Å²) in [6, 6.07) is 11.5. The maximum Gasteiger partial charge on any atom is 0.231 e. The van der Waals surface area contributed by atoms with E-state index in [4.69, 9.17) is 15.0 Å². The van der Waals surface area contributed by atoms with E-state index in [0.717, 1.165) is 36.1 Å². The van der Waals surface area contributed by atoms with Crippen LogP contribution in [0.25, 0.3) is 11.3 Å². The minimum absolute atomic E-state index is 0.0800. The number of ether oxygens (including phenoxy) is 1. The van der Waals surface area contributed by atoms with E-state index < -0.39 is 0 Å². The number of carbonyl (C=O) groups excluding carboxylic acids is 1. The molecule has 1 fully saturated rings. The van der Waals surface area contributed by atoms with Crippen LogP contribution in [-0.4, -0.2) is 34.1 Å². The largest absolute Gasteiger partial charge is 0.383 e. The summed E-state index contributed by atoms with van der Waals surface area (Å²) in [5.41, 5.74) is 9.67. The van der Waals surface area contributed by atoms with E-state index in [2.05, 4.69) is 42.4 Å². The molecule has 3 heterocycles. The molecule has 3 N–H and O–H groups in total. The molecule has 1 amide bonds. The van der Waals surface area contributed by atoms with Gasteiger partial charge in [0.25, 0.3) is 0 Å². The molecule has 1 aliphatic rings. The number of nitrogens with one attached hydrogen (secondary N) is 1. The second kappa shape index (κ2) is 9.69. The van der Waals surface area contributed by atoms with Gasteiger partial charge in [0.1, 0.15) is 23.1 Å². The van der Waals surface area contributed by atoms with E-state index in [9.17, 15) is 10.1 Å². The van der Waals surface area contributed by atoms with E-state index in [1.54, 1.807) is 10.7 Å². The number of rotatable bonds is 6. The summed E-state index contributed by atoms with van der Waals surface area (Å²) in [4.78, 5) is 12.5. The average molecular weight is 463 g/mol. The van der Waals surface area contributed by atoms with Crippen molar-refractivity contribution in [3.8, 4) is 17.3 Å². The first-order valence-corrected chi connectivity index (χ1v) is 11.4. The minimum Gasteiger partial charge on any atom is -0.383 e. The average Bonchev–Trinajstić information content (AvgIpc) is 3.36. The number of benzene rings is 1. The molecule has 0 radical (unpaired) electrons. The van der Waals surface area contributed by atoms with E-state index in [1.165, 1.54) is 0 Å². The van der Waals surface area contributed by atoms with Crippen LogP contribution in [0.2, 0.25) is 0 Å². The van der Waals surface area contributed by atoms with Crippen molar-refractivity contribution >= 4 is 17.6 Å². The molecule has 0 aliphatic carbocycles. The Morgan fingerprint density at radius 3 is 2.62 bits per heavy atom. The Bertz CT molecular complexity index is 1190. The third-order valence-corrected chi connectivity index (χ3v) is 5.72. The molecule has 0 atom stereocenters. The Kier molecular flexibility index (Phi) is 6.70. The predicted molar refractivity (Wildman–Crippen MR) is 128 cm³/mol. The Balaban J connectivity index is 1.43. The van der Waals surface area contributed by atoms with E-state index in [-0.39, 0.29) is 23.8 Å². The van der Waals surface area contributed by atoms with E-state index in [0.29, 0.717) is 36.2 Å². The molecule has 0 unspecified atom stereocenters. The van der Waals surface area contributed by atoms with Crippen molar-refractivity contribution in [1.29, 1.82) is 5.26 Å². The Hall–Kier alpha value is -3.64. The lowest BCUT2D eigenvalue weighted by Gasteiger charge is -2.23. The molecule has 1 aliphatic heterocycles. The lowest BCUT2D eigenvalue weighted by Crippen LogP contribution is -2.21. The molecule has 0 spiro atoms. The van der Waals surface area contributed by atoms with Crippen LogP contribution in [0.15, 0.2) is 34.9 Å². The van der Waals surface area contributed by atoms with Crippen LogP contribution in [0.3, 0.4) is 0 Å². The van der Waals surface area contributed by atoms with Gasteiger partial charge in [0, 0.05) is 24.8 Å². The highest BCUT2D eigenvalue weighted by Crippen LogP contribution is 2.32. The smallest absolute Gasteiger partial charge is 0.231 e. The lowest BCUT2D eigenvalue weighted by molar-refractivity contribution is -0.115. The molecule has 2 aromatic heterocycles. The molecule has 0 bridgehead atoms. The van der Waals surface area contributed by atoms with Gasteiger partial charge in [-0.05, 0) is 30.2 Å². The summed E-state index contributed by atoms with van der Waals surface area (Å²) in [6.45, 7) is 7.67. The third kappa shape index (κ3) is 5.46. The standard InChI is InChI=1S/C25H30N6O3/c1-25(2,3)14-18-13-22(34-30-18)28-21(32)12-16-4-6-17(7-5-16)23-20(15-26)24(27)31(29-23)19-8-10-33-11-9-19/h4-7,13,19H,8-12,14,27H2,1-3H3,(H,28,32). The van der Waals surface area contributed by atoms with Crippen LogP contribution in [0.5, 0.6) is 0 Å². The van der Waals surface area contributed by atoms with Gasteiger partial charge in [-0.2, -0.15) is 10.4 Å². The highest BCUT2D eigenvalue weighted by atomic mass is 16.5. The zero-order valence-electron chi connectivity index (χ0n) is 19.8. The molecule has 178 valence electrons. The minimum atomic E-state index is -0.197. The van der Waals surface area contributed by atoms with Crippen molar-refractivity contribution in [1.82, 2.24) is 14.9 Å². The fourth-order valence-corrected chi connectivity index (χ4v) is 4.11. The monoisotopic (exact) mass is 462 g/mol. The van der Waals surface area contributed by atoms with Gasteiger partial charge in [0.05, 0.1) is 18.2 Å². The molecule has 3 aromatic rings. The van der Waals surface area contributed by atoms with Crippen molar-refractivity contribution in [3.05, 3.63) is 47.2 Å². The van der Waals surface area contributed by atoms with Gasteiger partial charge < -0.3 is 15.0 Å². The van der Waals surface area contributed by atoms with Crippen molar-refractivity contribution in [2.75, 3.05) is 24.3 Å². The molecule has 4 rings (SSSR count). The van der Waals surface area contributed by atoms with Crippen LogP contribution in [0, 0.1) is 16.7 Å². The van der Waals surface area contributed by atoms with Gasteiger partial charge in [-0.3, -0.25) is 10.1 Å². The molecule has 9 heteroatoms. The fourth-order valence-electron chi connectivity index (χ4n) is 4.11. The zero-order valence-corrected chi connectivity index (χ0v) is 19.8. The fraction of sp³-hybridized carbons (Fsp3) is 0.440. The first kappa shape index (κ1) is 23.5. The predicted octanol–water partition coefficient (Wildman–Crippen LogP) is 4.11. The number of nitriles is 1. The van der Waals surface area contributed by atoms with Crippen LogP contribution in [0.4, 0.5) is 11.7 Å². The third-order valence-electron chi connectivity index (χ3n) is 5.72. The topological polar surface area (TPSA) is 132 Å². The Morgan fingerprint density at radius 2 is 1.97 bits per heavy atom. The summed E-state index contributed by atoms with van der Waals surface area (Å²) in [5.74, 6) is 0.524. The maximum absolute atomic E-state index is 12.5. The second-order valence-corrected chi connectivity index (χ2v) is 9.85. The first-order valence-electron chi connectivity index (χ1n) is 11.4. The van der Waals surface area contributed by atoms with Crippen LogP contribution < -0.4 is 11.1 Å². The van der Waals surface area contributed by atoms with Gasteiger partial charge in [0.2, 0.25) is 11.8 Å². The number of aromatic nitrogens is 3. The highest BCUT2D eigenvalue weighted by molar-refractivity contribution is 5.91. The Labute approximate surface area is 198 Å². The number of nitrogens with two attached hydrogens (primary N) is 1. The highest BCUT2D eigenvalue weighted by Gasteiger charge is 2.24. The van der Waals surface area contributed by atoms with Crippen molar-refractivity contribution in [2.24, 2.45) is 5.41 Å². The molecular formula is C25H30N6O3. The number of nitrogen functional groups attached to an aromatic ring is 1. The molecule has 1 aromatic carbocycles. The number of nitrogens with zero attached hydrogens (tertiary/aromatic N) is 4. The van der Waals surface area contributed by atoms with Gasteiger partial charge >= 0.3 is 0 Å². The number of hydrogen-bond donors (Lipinski definition) is 2. The molecule has 9 nitrogen and oxygen atoms in total. The van der Waals surface area contributed by atoms with Gasteiger partial charge in [-0.15, -0.1) is 0 Å². The quantitative estimate of drug-likeness (QED) is 0.563. The van der Waals surface area contributed by atoms with E-state index >= 15 is 0 Å². The van der Waals surface area contributed by atoms with Gasteiger partial charge in [0.15, 0.2) is 0 Å². The SMILES string of the molecule is CC(C)(C)Cc1cc(NC(=O)Cc2ccc(-c3nn(C4CCOCC4)c(N)c3C#N)cc2)on1. The molecular weight excluding hydrogens is 432 g/mol. The normalized spacial score (nSPS) is 14.6. The summed E-state index contributed by atoms with van der Waals surface area (Å²) >= 11 is 0. The summed E-state index contributed by atoms with van der Waals surface area (Å²) < 4.78 is 12.4. The summed E-state index contributed by atoms with van der Waals surface area (Å²) in [6.07, 6.45) is 2.56. The van der Waals surface area contributed by atoms with Gasteiger partial charge in [-0.1, -0.05) is 50.2 Å². The summed E-state index contributed by atoms with van der Waals surface area (Å²) in [7, 11) is 0. The molecule has 1 saturated heterocycles. The second-order valence-electron chi connectivity index (χ2n) is 9.85.